The van der Waals surface area contributed by atoms with E-state index in [0.717, 1.165) is 18.4 Å². The van der Waals surface area contributed by atoms with Gasteiger partial charge in [-0.1, -0.05) is 47.6 Å². The van der Waals surface area contributed by atoms with E-state index < -0.39 is 12.3 Å². The van der Waals surface area contributed by atoms with Gasteiger partial charge in [0.15, 0.2) is 5.69 Å². The summed E-state index contributed by atoms with van der Waals surface area (Å²) in [4.78, 5) is 41.2. The molecule has 8 heteroatoms. The van der Waals surface area contributed by atoms with Crippen LogP contribution < -0.4 is 4.90 Å². The second kappa shape index (κ2) is 13.3. The van der Waals surface area contributed by atoms with Crippen molar-refractivity contribution >= 4 is 17.8 Å². The number of amides is 2. The Morgan fingerprint density at radius 1 is 1.03 bits per heavy atom. The van der Waals surface area contributed by atoms with E-state index in [1.165, 1.54) is 17.3 Å². The van der Waals surface area contributed by atoms with Crippen LogP contribution in [0.25, 0.3) is 0 Å². The molecule has 0 N–H and O–H groups in total. The third kappa shape index (κ3) is 6.23. The van der Waals surface area contributed by atoms with Crippen LogP contribution >= 0.6 is 0 Å². The van der Waals surface area contributed by atoms with Crippen molar-refractivity contribution in [2.45, 2.75) is 67.5 Å². The molecule has 8 nitrogen and oxygen atoms in total. The second-order valence-electron chi connectivity index (χ2n) is 6.38. The summed E-state index contributed by atoms with van der Waals surface area (Å²) in [6, 6.07) is 3.56. The average Bonchev–Trinajstić information content (AvgIpc) is 3.08. The molecule has 170 valence electrons. The standard InChI is InChI=1S/C19H23N5O3.2C2H6/c1-4-10-23(11-5-2)19(26)27-18-16-15(20-8-9-21-16)17(25)24(18)14-7-6-13(3)12-22-14;2*1-2/h6-9,12,18H,4-5,10-11H2,1-3H3;2*1-2H3. The minimum atomic E-state index is -0.986. The molecule has 2 aromatic rings. The second-order valence-corrected chi connectivity index (χ2v) is 6.38. The molecule has 2 aromatic heterocycles. The molecule has 0 saturated carbocycles. The zero-order valence-electron chi connectivity index (χ0n) is 19.8. The molecule has 2 amide bonds. The number of hydrogen-bond acceptors (Lipinski definition) is 6. The third-order valence-corrected chi connectivity index (χ3v) is 4.22. The van der Waals surface area contributed by atoms with Gasteiger partial charge in [0.1, 0.15) is 11.5 Å². The molecule has 0 aliphatic carbocycles. The lowest BCUT2D eigenvalue weighted by Crippen LogP contribution is -2.38. The van der Waals surface area contributed by atoms with Gasteiger partial charge in [-0.15, -0.1) is 0 Å². The van der Waals surface area contributed by atoms with Crippen LogP contribution in [0.15, 0.2) is 30.7 Å². The smallest absolute Gasteiger partial charge is 0.412 e. The Morgan fingerprint density at radius 3 is 2.19 bits per heavy atom. The summed E-state index contributed by atoms with van der Waals surface area (Å²) in [6.07, 6.45) is 4.76. The third-order valence-electron chi connectivity index (χ3n) is 4.22. The molecule has 0 aromatic carbocycles. The molecule has 1 atom stereocenters. The van der Waals surface area contributed by atoms with Crippen molar-refractivity contribution in [2.75, 3.05) is 18.0 Å². The van der Waals surface area contributed by atoms with Crippen molar-refractivity contribution in [2.24, 2.45) is 0 Å². The highest BCUT2D eigenvalue weighted by atomic mass is 16.6. The molecule has 1 aliphatic heterocycles. The number of anilines is 1. The van der Waals surface area contributed by atoms with Gasteiger partial charge in [0.25, 0.3) is 5.91 Å². The summed E-state index contributed by atoms with van der Waals surface area (Å²) in [6.45, 7) is 15.1. The maximum absolute atomic E-state index is 12.9. The predicted octanol–water partition coefficient (Wildman–Crippen LogP) is 5.15. The number of ether oxygens (including phenoxy) is 1. The zero-order valence-corrected chi connectivity index (χ0v) is 19.8. The van der Waals surface area contributed by atoms with Gasteiger partial charge in [-0.25, -0.2) is 19.7 Å². The number of hydrogen-bond donors (Lipinski definition) is 0. The van der Waals surface area contributed by atoms with Gasteiger partial charge >= 0.3 is 6.09 Å². The molecule has 0 bridgehead atoms. The molecule has 1 aliphatic rings. The van der Waals surface area contributed by atoms with Crippen molar-refractivity contribution in [3.8, 4) is 0 Å². The number of carbonyl (C=O) groups excluding carboxylic acids is 2. The first-order valence-electron chi connectivity index (χ1n) is 11.1. The summed E-state index contributed by atoms with van der Waals surface area (Å²) < 4.78 is 5.72. The number of rotatable bonds is 6. The number of aromatic nitrogens is 3. The Balaban J connectivity index is 0.00000113. The number of aryl methyl sites for hydroxylation is 1. The van der Waals surface area contributed by atoms with Crippen LogP contribution in [-0.4, -0.2) is 44.9 Å². The lowest BCUT2D eigenvalue weighted by Gasteiger charge is -2.27. The van der Waals surface area contributed by atoms with Crippen molar-refractivity contribution in [1.29, 1.82) is 0 Å². The Morgan fingerprint density at radius 2 is 1.65 bits per heavy atom. The minimum absolute atomic E-state index is 0.176. The molecule has 31 heavy (non-hydrogen) atoms. The number of nitrogens with zero attached hydrogens (tertiary/aromatic N) is 5. The lowest BCUT2D eigenvalue weighted by atomic mass is 10.3. The monoisotopic (exact) mass is 429 g/mol. The van der Waals surface area contributed by atoms with Crippen molar-refractivity contribution < 1.29 is 14.3 Å². The first-order valence-corrected chi connectivity index (χ1v) is 11.1. The molecule has 3 rings (SSSR count). The number of fused-ring (bicyclic) bond motifs is 1. The van der Waals surface area contributed by atoms with Crippen LogP contribution in [0, 0.1) is 6.92 Å². The first kappa shape index (κ1) is 26.0. The average molecular weight is 430 g/mol. The Labute approximate surface area is 185 Å². The lowest BCUT2D eigenvalue weighted by molar-refractivity contribution is 0.0591. The van der Waals surface area contributed by atoms with Gasteiger partial charge in [-0.05, 0) is 31.4 Å². The summed E-state index contributed by atoms with van der Waals surface area (Å²) in [7, 11) is 0. The van der Waals surface area contributed by atoms with Crippen molar-refractivity contribution in [3.63, 3.8) is 0 Å². The van der Waals surface area contributed by atoms with Crippen molar-refractivity contribution in [3.05, 3.63) is 47.7 Å². The fourth-order valence-corrected chi connectivity index (χ4v) is 2.98. The summed E-state index contributed by atoms with van der Waals surface area (Å²) in [5, 5.41) is 0. The maximum atomic E-state index is 12.9. The normalized spacial score (nSPS) is 14.0. The van der Waals surface area contributed by atoms with Gasteiger partial charge in [0.05, 0.1) is 0 Å². The Hall–Kier alpha value is -3.03. The number of carbonyl (C=O) groups is 2. The van der Waals surface area contributed by atoms with Gasteiger partial charge in [0, 0.05) is 31.7 Å². The Kier molecular flexibility index (Phi) is 11.2. The molecule has 1 unspecified atom stereocenters. The Bertz CT molecular complexity index is 820. The van der Waals surface area contributed by atoms with Gasteiger partial charge in [-0.3, -0.25) is 9.78 Å². The van der Waals surface area contributed by atoms with E-state index in [4.69, 9.17) is 4.74 Å². The fraction of sp³-hybridized carbons (Fsp3) is 0.522. The summed E-state index contributed by atoms with van der Waals surface area (Å²) in [5.41, 5.74) is 1.46. The van der Waals surface area contributed by atoms with Crippen LogP contribution in [-0.2, 0) is 4.74 Å². The van der Waals surface area contributed by atoms with Crippen LogP contribution in [0.2, 0.25) is 0 Å². The topological polar surface area (TPSA) is 88.5 Å². The molecule has 0 saturated heterocycles. The van der Waals surface area contributed by atoms with Gasteiger partial charge in [-0.2, -0.15) is 0 Å². The highest BCUT2D eigenvalue weighted by Gasteiger charge is 2.44. The highest BCUT2D eigenvalue weighted by Crippen LogP contribution is 2.35. The fourth-order valence-electron chi connectivity index (χ4n) is 2.98. The largest absolute Gasteiger partial charge is 0.419 e. The van der Waals surface area contributed by atoms with Gasteiger partial charge in [0.2, 0.25) is 6.23 Å². The van der Waals surface area contributed by atoms with E-state index in [-0.39, 0.29) is 11.6 Å². The zero-order chi connectivity index (χ0) is 23.4. The molecular weight excluding hydrogens is 394 g/mol. The van der Waals surface area contributed by atoms with E-state index in [1.807, 2.05) is 54.5 Å². The van der Waals surface area contributed by atoms with Crippen LogP contribution in [0.5, 0.6) is 0 Å². The van der Waals surface area contributed by atoms with Crippen molar-refractivity contribution in [1.82, 2.24) is 19.9 Å². The highest BCUT2D eigenvalue weighted by molar-refractivity contribution is 6.08. The molecule has 0 spiro atoms. The number of pyridine rings is 1. The maximum Gasteiger partial charge on any atom is 0.412 e. The van der Waals surface area contributed by atoms with E-state index in [2.05, 4.69) is 15.0 Å². The van der Waals surface area contributed by atoms with E-state index in [1.54, 1.807) is 17.2 Å². The predicted molar refractivity (Wildman–Crippen MR) is 122 cm³/mol. The summed E-state index contributed by atoms with van der Waals surface area (Å²) >= 11 is 0. The first-order chi connectivity index (χ1) is 15.1. The SMILES string of the molecule is CC.CC.CCCN(CCC)C(=O)OC1c2nccnc2C(=O)N1c1ccc(C)cn1. The molecule has 3 heterocycles. The van der Waals surface area contributed by atoms with Gasteiger partial charge < -0.3 is 9.64 Å². The van der Waals surface area contributed by atoms with Crippen LogP contribution in [0.4, 0.5) is 10.6 Å². The van der Waals surface area contributed by atoms with E-state index in [0.29, 0.717) is 24.6 Å². The molecular formula is C23H35N5O3. The van der Waals surface area contributed by atoms with E-state index >= 15 is 0 Å². The molecule has 0 radical (unpaired) electrons. The quantitative estimate of drug-likeness (QED) is 0.631. The van der Waals surface area contributed by atoms with Crippen LogP contribution in [0.3, 0.4) is 0 Å². The van der Waals surface area contributed by atoms with Crippen LogP contribution in [0.1, 0.15) is 82.4 Å². The molecule has 0 fully saturated rings. The minimum Gasteiger partial charge on any atom is -0.419 e. The van der Waals surface area contributed by atoms with E-state index in [9.17, 15) is 9.59 Å². The summed E-state index contributed by atoms with van der Waals surface area (Å²) in [5.74, 6) is 0.00511.